The Morgan fingerprint density at radius 3 is 2.76 bits per heavy atom. The Balaban J connectivity index is 1.80. The van der Waals surface area contributed by atoms with Gasteiger partial charge >= 0.3 is 6.16 Å². The van der Waals surface area contributed by atoms with E-state index in [0.717, 1.165) is 18.3 Å². The summed E-state index contributed by atoms with van der Waals surface area (Å²) in [7, 11) is 1.39. The molecule has 3 saturated carbocycles. The van der Waals surface area contributed by atoms with Gasteiger partial charge in [0.25, 0.3) is 0 Å². The SMILES string of the molecule is COC(=O)OC1CC2CC3CCC1C(I)(C3)C2. The van der Waals surface area contributed by atoms with Gasteiger partial charge in [0, 0.05) is 9.34 Å². The number of fused-ring (bicyclic) bond motifs is 2. The number of hydrogen-bond acceptors (Lipinski definition) is 3. The highest BCUT2D eigenvalue weighted by molar-refractivity contribution is 14.1. The van der Waals surface area contributed by atoms with E-state index >= 15 is 0 Å². The molecule has 3 fully saturated rings. The number of carbonyl (C=O) groups excluding carboxylic acids is 1. The molecule has 3 aliphatic rings. The number of carbonyl (C=O) groups is 1. The molecule has 0 aromatic carbocycles. The second-order valence-corrected chi connectivity index (χ2v) is 8.09. The quantitative estimate of drug-likeness (QED) is 0.412. The number of ether oxygens (including phenoxy) is 2. The van der Waals surface area contributed by atoms with Gasteiger partial charge in [-0.1, -0.05) is 22.6 Å². The zero-order valence-corrected chi connectivity index (χ0v) is 12.3. The summed E-state index contributed by atoms with van der Waals surface area (Å²) in [4.78, 5) is 11.3. The van der Waals surface area contributed by atoms with Gasteiger partial charge in [-0.2, -0.15) is 0 Å². The minimum atomic E-state index is -0.503. The lowest BCUT2D eigenvalue weighted by Crippen LogP contribution is -2.54. The van der Waals surface area contributed by atoms with E-state index < -0.39 is 6.16 Å². The van der Waals surface area contributed by atoms with E-state index in [-0.39, 0.29) is 6.10 Å². The molecule has 3 nitrogen and oxygen atoms in total. The monoisotopic (exact) mass is 350 g/mol. The molecule has 0 amide bonds. The van der Waals surface area contributed by atoms with Gasteiger partial charge in [-0.15, -0.1) is 0 Å². The van der Waals surface area contributed by atoms with Crippen molar-refractivity contribution in [2.75, 3.05) is 7.11 Å². The second kappa shape index (κ2) is 4.28. The molecule has 0 N–H and O–H groups in total. The molecule has 0 saturated heterocycles. The Labute approximate surface area is 116 Å². The fourth-order valence-corrected chi connectivity index (χ4v) is 6.33. The van der Waals surface area contributed by atoms with E-state index in [2.05, 4.69) is 27.3 Å². The predicted octanol–water partition coefficient (Wildman–Crippen LogP) is 3.54. The maximum absolute atomic E-state index is 11.3. The van der Waals surface area contributed by atoms with E-state index in [4.69, 9.17) is 4.74 Å². The topological polar surface area (TPSA) is 35.5 Å². The summed E-state index contributed by atoms with van der Waals surface area (Å²) in [6.07, 6.45) is 7.21. The van der Waals surface area contributed by atoms with Gasteiger partial charge in [-0.3, -0.25) is 0 Å². The highest BCUT2D eigenvalue weighted by Crippen LogP contribution is 2.59. The Bertz CT molecular complexity index is 329. The van der Waals surface area contributed by atoms with Gasteiger partial charge in [0.15, 0.2) is 0 Å². The van der Waals surface area contributed by atoms with Crippen LogP contribution in [0.4, 0.5) is 4.79 Å². The predicted molar refractivity (Wildman–Crippen MR) is 72.2 cm³/mol. The molecule has 0 aromatic rings. The third kappa shape index (κ3) is 2.06. The fourth-order valence-electron chi connectivity index (χ4n) is 4.37. The zero-order chi connectivity index (χ0) is 12.0. The van der Waals surface area contributed by atoms with E-state index in [1.807, 2.05) is 0 Å². The smallest absolute Gasteiger partial charge is 0.438 e. The van der Waals surface area contributed by atoms with Crippen LogP contribution in [-0.4, -0.2) is 22.8 Å². The summed E-state index contributed by atoms with van der Waals surface area (Å²) in [6.45, 7) is 0. The summed E-state index contributed by atoms with van der Waals surface area (Å²) in [5, 5.41) is 0. The first-order valence-electron chi connectivity index (χ1n) is 6.54. The molecule has 0 radical (unpaired) electrons. The zero-order valence-electron chi connectivity index (χ0n) is 10.2. The average Bonchev–Trinajstić information content (AvgIpc) is 2.25. The van der Waals surface area contributed by atoms with E-state index in [0.29, 0.717) is 9.34 Å². The van der Waals surface area contributed by atoms with Crippen LogP contribution in [-0.2, 0) is 9.47 Å². The van der Waals surface area contributed by atoms with Crippen LogP contribution in [0.15, 0.2) is 0 Å². The molecule has 96 valence electrons. The van der Waals surface area contributed by atoms with Crippen molar-refractivity contribution in [1.82, 2.24) is 0 Å². The summed E-state index contributed by atoms with van der Waals surface area (Å²) >= 11 is 2.65. The molecule has 0 spiro atoms. The normalized spacial score (nSPS) is 47.6. The number of rotatable bonds is 1. The fraction of sp³-hybridized carbons (Fsp3) is 0.923. The van der Waals surface area contributed by atoms with Gasteiger partial charge in [0.1, 0.15) is 6.10 Å². The van der Waals surface area contributed by atoms with Crippen molar-refractivity contribution in [2.24, 2.45) is 17.8 Å². The third-order valence-electron chi connectivity index (χ3n) is 4.90. The van der Waals surface area contributed by atoms with Gasteiger partial charge in [0.05, 0.1) is 7.11 Å². The molecule has 4 heteroatoms. The van der Waals surface area contributed by atoms with Crippen molar-refractivity contribution >= 4 is 28.7 Å². The lowest BCUT2D eigenvalue weighted by molar-refractivity contribution is -0.0635. The van der Waals surface area contributed by atoms with Crippen LogP contribution in [0.3, 0.4) is 0 Å². The van der Waals surface area contributed by atoms with Gasteiger partial charge in [-0.05, 0) is 50.4 Å². The molecule has 0 aromatic heterocycles. The van der Waals surface area contributed by atoms with Crippen molar-refractivity contribution < 1.29 is 14.3 Å². The largest absolute Gasteiger partial charge is 0.508 e. The first kappa shape index (κ1) is 12.1. The second-order valence-electron chi connectivity index (χ2n) is 5.94. The Morgan fingerprint density at radius 2 is 2.00 bits per heavy atom. The third-order valence-corrected chi connectivity index (χ3v) is 6.58. The van der Waals surface area contributed by atoms with Crippen molar-refractivity contribution in [1.29, 1.82) is 0 Å². The van der Waals surface area contributed by atoms with Crippen molar-refractivity contribution in [2.45, 2.75) is 48.1 Å². The highest BCUT2D eigenvalue weighted by atomic mass is 127. The van der Waals surface area contributed by atoms with E-state index in [1.165, 1.54) is 39.2 Å². The Kier molecular flexibility index (Phi) is 3.04. The Morgan fingerprint density at radius 1 is 1.24 bits per heavy atom. The molecule has 5 atom stereocenters. The summed E-state index contributed by atoms with van der Waals surface area (Å²) in [5.74, 6) is 2.24. The van der Waals surface area contributed by atoms with Crippen molar-refractivity contribution in [3.63, 3.8) is 0 Å². The number of hydrogen-bond donors (Lipinski definition) is 0. The van der Waals surface area contributed by atoms with Crippen LogP contribution in [0.5, 0.6) is 0 Å². The first-order chi connectivity index (χ1) is 8.10. The van der Waals surface area contributed by atoms with Crippen molar-refractivity contribution in [3.05, 3.63) is 0 Å². The average molecular weight is 350 g/mol. The van der Waals surface area contributed by atoms with E-state index in [1.54, 1.807) is 0 Å². The number of halogens is 1. The minimum Gasteiger partial charge on any atom is -0.438 e. The Hall–Kier alpha value is 0. The minimum absolute atomic E-state index is 0.0966. The van der Waals surface area contributed by atoms with Crippen LogP contribution >= 0.6 is 22.6 Å². The van der Waals surface area contributed by atoms with Crippen LogP contribution in [0.2, 0.25) is 0 Å². The highest BCUT2D eigenvalue weighted by Gasteiger charge is 2.55. The molecule has 0 heterocycles. The summed E-state index contributed by atoms with van der Waals surface area (Å²) in [5.41, 5.74) is 0. The van der Waals surface area contributed by atoms with Gasteiger partial charge < -0.3 is 9.47 Å². The van der Waals surface area contributed by atoms with Crippen LogP contribution < -0.4 is 0 Å². The maximum atomic E-state index is 11.3. The first-order valence-corrected chi connectivity index (χ1v) is 7.62. The molecule has 3 rings (SSSR count). The lowest BCUT2D eigenvalue weighted by Gasteiger charge is -2.56. The summed E-state index contributed by atoms with van der Waals surface area (Å²) < 4.78 is 10.5. The van der Waals surface area contributed by atoms with E-state index in [9.17, 15) is 4.79 Å². The van der Waals surface area contributed by atoms with Gasteiger partial charge in [0.2, 0.25) is 0 Å². The molecule has 0 aliphatic heterocycles. The standard InChI is InChI=1S/C13H19IO3/c1-16-12(15)17-11-5-9-4-8-2-3-10(11)13(14,6-8)7-9/h8-11H,2-7H2,1H3. The lowest BCUT2D eigenvalue weighted by atomic mass is 9.56. The number of methoxy groups -OCH3 is 1. The molecule has 3 bridgehead atoms. The van der Waals surface area contributed by atoms with Crippen LogP contribution in [0.25, 0.3) is 0 Å². The molecule has 5 unspecified atom stereocenters. The van der Waals surface area contributed by atoms with Crippen molar-refractivity contribution in [3.8, 4) is 0 Å². The molecular formula is C13H19IO3. The van der Waals surface area contributed by atoms with Crippen LogP contribution in [0, 0.1) is 17.8 Å². The number of alkyl halides is 1. The molecule has 3 aliphatic carbocycles. The molecular weight excluding hydrogens is 331 g/mol. The van der Waals surface area contributed by atoms with Gasteiger partial charge in [-0.25, -0.2) is 4.79 Å². The molecule has 17 heavy (non-hydrogen) atoms. The summed E-state index contributed by atoms with van der Waals surface area (Å²) in [6, 6.07) is 0. The van der Waals surface area contributed by atoms with Crippen LogP contribution in [0.1, 0.15) is 38.5 Å². The maximum Gasteiger partial charge on any atom is 0.508 e.